The molecular weight excluding hydrogens is 484 g/mol. The van der Waals surface area contributed by atoms with Gasteiger partial charge in [0.05, 0.1) is 9.79 Å². The van der Waals surface area contributed by atoms with E-state index < -0.39 is 9.84 Å². The lowest BCUT2D eigenvalue weighted by atomic mass is 10.1. The van der Waals surface area contributed by atoms with E-state index >= 15 is 0 Å². The Morgan fingerprint density at radius 2 is 0.973 bits per heavy atom. The molecule has 0 saturated carbocycles. The van der Waals surface area contributed by atoms with Gasteiger partial charge in [-0.1, -0.05) is 26.7 Å². The van der Waals surface area contributed by atoms with Crippen LogP contribution in [0.4, 0.5) is 11.4 Å². The number of rotatable bonds is 10. The van der Waals surface area contributed by atoms with Crippen LogP contribution in [0, 0.1) is 0 Å². The number of aryl methyl sites for hydroxylation is 2. The van der Waals surface area contributed by atoms with Gasteiger partial charge in [0.1, 0.15) is 23.0 Å². The van der Waals surface area contributed by atoms with Crippen molar-refractivity contribution in [2.24, 2.45) is 0 Å². The lowest BCUT2D eigenvalue weighted by Gasteiger charge is -2.15. The Labute approximate surface area is 218 Å². The van der Waals surface area contributed by atoms with Crippen molar-refractivity contribution in [3.8, 4) is 23.0 Å². The first kappa shape index (κ1) is 26.1. The van der Waals surface area contributed by atoms with Crippen LogP contribution in [0.3, 0.4) is 0 Å². The molecule has 0 aliphatic rings. The van der Waals surface area contributed by atoms with Gasteiger partial charge in [-0.15, -0.1) is 0 Å². The molecule has 0 aliphatic carbocycles. The SMILES string of the molecule is CCCc1cc(S(=O)(=O)c2ccc(Oc3ccc(N)cc3)c(CCC)c2)ccc1Oc1ccc(N)cc1. The second-order valence-corrected chi connectivity index (χ2v) is 10.8. The number of benzene rings is 4. The molecule has 0 amide bonds. The molecule has 0 aromatic heterocycles. The first-order chi connectivity index (χ1) is 17.8. The van der Waals surface area contributed by atoms with Crippen LogP contribution < -0.4 is 20.9 Å². The van der Waals surface area contributed by atoms with Crippen molar-refractivity contribution >= 4 is 21.2 Å². The molecule has 0 saturated heterocycles. The fourth-order valence-electron chi connectivity index (χ4n) is 4.04. The third-order valence-electron chi connectivity index (χ3n) is 5.94. The molecule has 0 aliphatic heterocycles. The largest absolute Gasteiger partial charge is 0.457 e. The number of nitrogen functional groups attached to an aromatic ring is 2. The Morgan fingerprint density at radius 1 is 0.595 bits per heavy atom. The van der Waals surface area contributed by atoms with Crippen LogP contribution in [0.5, 0.6) is 23.0 Å². The monoisotopic (exact) mass is 516 g/mol. The molecule has 0 bridgehead atoms. The minimum Gasteiger partial charge on any atom is -0.457 e. The molecular formula is C30H32N2O4S. The van der Waals surface area contributed by atoms with Crippen LogP contribution in [0.25, 0.3) is 0 Å². The van der Waals surface area contributed by atoms with Crippen molar-refractivity contribution < 1.29 is 17.9 Å². The summed E-state index contributed by atoms with van der Waals surface area (Å²) < 4.78 is 39.4. The van der Waals surface area contributed by atoms with E-state index in [-0.39, 0.29) is 9.79 Å². The highest BCUT2D eigenvalue weighted by atomic mass is 32.2. The number of sulfone groups is 1. The van der Waals surface area contributed by atoms with E-state index in [2.05, 4.69) is 0 Å². The number of hydrogen-bond donors (Lipinski definition) is 2. The molecule has 7 heteroatoms. The number of ether oxygens (including phenoxy) is 2. The van der Waals surface area contributed by atoms with E-state index in [1.807, 2.05) is 13.8 Å². The highest BCUT2D eigenvalue weighted by Gasteiger charge is 2.21. The van der Waals surface area contributed by atoms with Crippen LogP contribution in [0.1, 0.15) is 37.8 Å². The summed E-state index contributed by atoms with van der Waals surface area (Å²) in [5.74, 6) is 2.54. The third kappa shape index (κ3) is 6.24. The lowest BCUT2D eigenvalue weighted by molar-refractivity contribution is 0.475. The molecule has 4 aromatic rings. The zero-order valence-corrected chi connectivity index (χ0v) is 21.9. The summed E-state index contributed by atoms with van der Waals surface area (Å²) >= 11 is 0. The van der Waals surface area contributed by atoms with Crippen molar-refractivity contribution in [1.82, 2.24) is 0 Å². The smallest absolute Gasteiger partial charge is 0.206 e. The summed E-state index contributed by atoms with van der Waals surface area (Å²) in [7, 11) is -3.76. The Kier molecular flexibility index (Phi) is 8.04. The molecule has 4 rings (SSSR count). The van der Waals surface area contributed by atoms with Crippen LogP contribution in [-0.2, 0) is 22.7 Å². The zero-order valence-electron chi connectivity index (χ0n) is 21.1. The lowest BCUT2D eigenvalue weighted by Crippen LogP contribution is -2.05. The van der Waals surface area contributed by atoms with E-state index in [0.29, 0.717) is 47.2 Å². The van der Waals surface area contributed by atoms with Gasteiger partial charge in [-0.25, -0.2) is 8.42 Å². The molecule has 0 atom stereocenters. The average Bonchev–Trinajstić information content (AvgIpc) is 2.89. The first-order valence-electron chi connectivity index (χ1n) is 12.4. The summed E-state index contributed by atoms with van der Waals surface area (Å²) in [6.45, 7) is 4.09. The predicted octanol–water partition coefficient (Wildman–Crippen LogP) is 7.17. The van der Waals surface area contributed by atoms with Gasteiger partial charge in [-0.2, -0.15) is 0 Å². The maximum Gasteiger partial charge on any atom is 0.206 e. The predicted molar refractivity (Wildman–Crippen MR) is 148 cm³/mol. The van der Waals surface area contributed by atoms with Gasteiger partial charge in [-0.05, 0) is 109 Å². The van der Waals surface area contributed by atoms with Gasteiger partial charge >= 0.3 is 0 Å². The highest BCUT2D eigenvalue weighted by Crippen LogP contribution is 2.34. The Bertz CT molecular complexity index is 1360. The van der Waals surface area contributed by atoms with Gasteiger partial charge in [0.25, 0.3) is 0 Å². The molecule has 0 spiro atoms. The molecule has 6 nitrogen and oxygen atoms in total. The molecule has 0 unspecified atom stereocenters. The molecule has 4 aromatic carbocycles. The van der Waals surface area contributed by atoms with Crippen LogP contribution in [0.2, 0.25) is 0 Å². The normalized spacial score (nSPS) is 11.3. The van der Waals surface area contributed by atoms with Gasteiger partial charge in [0.15, 0.2) is 0 Å². The highest BCUT2D eigenvalue weighted by molar-refractivity contribution is 7.91. The topological polar surface area (TPSA) is 105 Å². The number of hydrogen-bond acceptors (Lipinski definition) is 6. The Hall–Kier alpha value is -3.97. The molecule has 0 radical (unpaired) electrons. The Morgan fingerprint density at radius 3 is 1.32 bits per heavy atom. The summed E-state index contributed by atoms with van der Waals surface area (Å²) in [6.07, 6.45) is 3.06. The standard InChI is InChI=1S/C30H32N2O4S/c1-3-5-21-19-27(15-17-29(21)35-25-11-7-23(31)8-12-25)37(33,34)28-16-18-30(22(20-28)6-4-2)36-26-13-9-24(32)10-14-26/h7-20H,3-6,31-32H2,1-2H3. The van der Waals surface area contributed by atoms with Crippen molar-refractivity contribution in [3.05, 3.63) is 96.1 Å². The second kappa shape index (κ2) is 11.4. The van der Waals surface area contributed by atoms with Crippen molar-refractivity contribution in [1.29, 1.82) is 0 Å². The van der Waals surface area contributed by atoms with E-state index in [1.54, 1.807) is 84.9 Å². The molecule has 0 heterocycles. The second-order valence-electron chi connectivity index (χ2n) is 8.88. The summed E-state index contributed by atoms with van der Waals surface area (Å²) in [6, 6.07) is 24.3. The molecule has 0 fully saturated rings. The van der Waals surface area contributed by atoms with Crippen molar-refractivity contribution in [2.75, 3.05) is 11.5 Å². The van der Waals surface area contributed by atoms with Crippen molar-refractivity contribution in [3.63, 3.8) is 0 Å². The Balaban J connectivity index is 1.66. The molecule has 4 N–H and O–H groups in total. The van der Waals surface area contributed by atoms with Crippen LogP contribution >= 0.6 is 0 Å². The minimum absolute atomic E-state index is 0.232. The van der Waals surface area contributed by atoms with Crippen molar-refractivity contribution in [2.45, 2.75) is 49.3 Å². The minimum atomic E-state index is -3.76. The van der Waals surface area contributed by atoms with E-state index in [9.17, 15) is 8.42 Å². The molecule has 37 heavy (non-hydrogen) atoms. The zero-order chi connectivity index (χ0) is 26.4. The van der Waals surface area contributed by atoms with Gasteiger partial charge < -0.3 is 20.9 Å². The van der Waals surface area contributed by atoms with Crippen LogP contribution in [-0.4, -0.2) is 8.42 Å². The van der Waals surface area contributed by atoms with Crippen LogP contribution in [0.15, 0.2) is 94.7 Å². The fourth-order valence-corrected chi connectivity index (χ4v) is 5.40. The van der Waals surface area contributed by atoms with E-state index in [4.69, 9.17) is 20.9 Å². The van der Waals surface area contributed by atoms with Gasteiger partial charge in [0, 0.05) is 11.4 Å². The third-order valence-corrected chi connectivity index (χ3v) is 7.69. The summed E-state index contributed by atoms with van der Waals surface area (Å²) in [5.41, 5.74) is 14.5. The van der Waals surface area contributed by atoms with Gasteiger partial charge in [0.2, 0.25) is 9.84 Å². The molecule has 192 valence electrons. The fraction of sp³-hybridized carbons (Fsp3) is 0.200. The quantitative estimate of drug-likeness (QED) is 0.216. The maximum atomic E-state index is 13.7. The van der Waals surface area contributed by atoms with E-state index in [0.717, 1.165) is 24.0 Å². The number of nitrogens with two attached hydrogens (primary N) is 2. The average molecular weight is 517 g/mol. The number of anilines is 2. The van der Waals surface area contributed by atoms with Gasteiger partial charge in [-0.3, -0.25) is 0 Å². The maximum absolute atomic E-state index is 13.7. The summed E-state index contributed by atoms with van der Waals surface area (Å²) in [4.78, 5) is 0.463. The van der Waals surface area contributed by atoms with E-state index in [1.165, 1.54) is 0 Å². The first-order valence-corrected chi connectivity index (χ1v) is 13.9. The summed E-state index contributed by atoms with van der Waals surface area (Å²) in [5, 5.41) is 0.